The molecular formula is C19H28N4O3S2. The van der Waals surface area contributed by atoms with E-state index in [1.807, 2.05) is 13.8 Å². The van der Waals surface area contributed by atoms with Crippen molar-refractivity contribution in [1.82, 2.24) is 18.9 Å². The summed E-state index contributed by atoms with van der Waals surface area (Å²) in [5.41, 5.74) is 0.473. The first-order valence-electron chi connectivity index (χ1n) is 9.61. The number of hydrogen-bond acceptors (Lipinski definition) is 5. The normalized spacial score (nSPS) is 14.9. The molecule has 3 rings (SSSR count). The largest absolute Gasteiger partial charge is 0.383 e. The minimum absolute atomic E-state index is 0.205. The second-order valence-electron chi connectivity index (χ2n) is 7.30. The minimum atomic E-state index is -0.271. The van der Waals surface area contributed by atoms with Crippen molar-refractivity contribution in [3.05, 3.63) is 31.3 Å². The Labute approximate surface area is 174 Å². The topological polar surface area (TPSA) is 59.7 Å². The van der Waals surface area contributed by atoms with Crippen LogP contribution in [-0.2, 0) is 24.4 Å². The fraction of sp³-hybridized carbons (Fsp3) is 0.632. The number of methoxy groups -OCH3 is 1. The van der Waals surface area contributed by atoms with E-state index >= 15 is 0 Å². The number of fused-ring (bicyclic) bond motifs is 1. The van der Waals surface area contributed by atoms with Crippen molar-refractivity contribution in [3.8, 4) is 0 Å². The van der Waals surface area contributed by atoms with Crippen LogP contribution in [0.1, 0.15) is 31.2 Å². The summed E-state index contributed by atoms with van der Waals surface area (Å²) >= 11 is 7.17. The van der Waals surface area contributed by atoms with Crippen molar-refractivity contribution in [2.24, 2.45) is 0 Å². The van der Waals surface area contributed by atoms with Gasteiger partial charge < -0.3 is 14.5 Å². The average molecular weight is 425 g/mol. The Morgan fingerprint density at radius 1 is 1.21 bits per heavy atom. The van der Waals surface area contributed by atoms with Crippen LogP contribution in [0.4, 0.5) is 0 Å². The molecule has 9 heteroatoms. The zero-order chi connectivity index (χ0) is 20.6. The Bertz CT molecular complexity index is 1010. The molecule has 28 heavy (non-hydrogen) atoms. The first-order valence-corrected chi connectivity index (χ1v) is 10.8. The van der Waals surface area contributed by atoms with Crippen molar-refractivity contribution >= 4 is 38.9 Å². The van der Waals surface area contributed by atoms with E-state index in [9.17, 15) is 9.59 Å². The Balaban J connectivity index is 2.07. The lowest BCUT2D eigenvalue weighted by molar-refractivity contribution is 0.186. The van der Waals surface area contributed by atoms with E-state index in [0.717, 1.165) is 33.5 Å². The highest BCUT2D eigenvalue weighted by Crippen LogP contribution is 2.30. The number of hydrogen-bond donors (Lipinski definition) is 0. The van der Waals surface area contributed by atoms with E-state index in [4.69, 9.17) is 17.0 Å². The van der Waals surface area contributed by atoms with Crippen LogP contribution >= 0.6 is 23.6 Å². The Kier molecular flexibility index (Phi) is 6.26. The molecule has 1 fully saturated rings. The van der Waals surface area contributed by atoms with Gasteiger partial charge in [0.2, 0.25) is 0 Å². The number of ether oxygens (including phenoxy) is 1. The summed E-state index contributed by atoms with van der Waals surface area (Å²) in [6, 6.07) is 0.372. The maximum Gasteiger partial charge on any atom is 0.332 e. The van der Waals surface area contributed by atoms with Crippen LogP contribution in [-0.4, -0.2) is 56.9 Å². The van der Waals surface area contributed by atoms with Gasteiger partial charge in [-0.05, 0) is 45.5 Å². The molecule has 2 aromatic heterocycles. The second-order valence-corrected chi connectivity index (χ2v) is 8.75. The van der Waals surface area contributed by atoms with Crippen molar-refractivity contribution in [2.45, 2.75) is 53.4 Å². The van der Waals surface area contributed by atoms with E-state index in [0.29, 0.717) is 37.7 Å². The van der Waals surface area contributed by atoms with Gasteiger partial charge in [0, 0.05) is 37.7 Å². The third-order valence-corrected chi connectivity index (χ3v) is 7.11. The second kappa shape index (κ2) is 8.34. The Hall–Kier alpha value is -1.71. The van der Waals surface area contributed by atoms with Gasteiger partial charge in [-0.2, -0.15) is 0 Å². The molecular weight excluding hydrogens is 396 g/mol. The SMILES string of the molecule is CCn1c(=O)c2c(C)c(CN3CCN(C(C)C)C3=S)sc2n(CCOC)c1=O. The third kappa shape index (κ3) is 3.51. The van der Waals surface area contributed by atoms with Crippen molar-refractivity contribution in [3.63, 3.8) is 0 Å². The van der Waals surface area contributed by atoms with Gasteiger partial charge in [0.05, 0.1) is 25.1 Å². The zero-order valence-corrected chi connectivity index (χ0v) is 18.8. The van der Waals surface area contributed by atoms with Crippen LogP contribution in [0.3, 0.4) is 0 Å². The molecule has 2 aromatic rings. The molecule has 0 atom stereocenters. The molecule has 154 valence electrons. The van der Waals surface area contributed by atoms with Crippen molar-refractivity contribution in [1.29, 1.82) is 0 Å². The van der Waals surface area contributed by atoms with Gasteiger partial charge >= 0.3 is 5.69 Å². The molecule has 0 N–H and O–H groups in total. The summed E-state index contributed by atoms with van der Waals surface area (Å²) in [5.74, 6) is 0. The van der Waals surface area contributed by atoms with E-state index in [1.165, 1.54) is 15.9 Å². The molecule has 7 nitrogen and oxygen atoms in total. The highest BCUT2D eigenvalue weighted by molar-refractivity contribution is 7.80. The number of nitrogens with zero attached hydrogens (tertiary/aromatic N) is 4. The first kappa shape index (κ1) is 21.0. The van der Waals surface area contributed by atoms with Crippen LogP contribution in [0.15, 0.2) is 9.59 Å². The number of aromatic nitrogens is 2. The van der Waals surface area contributed by atoms with Gasteiger partial charge in [-0.25, -0.2) is 4.79 Å². The van der Waals surface area contributed by atoms with E-state index in [-0.39, 0.29) is 11.2 Å². The summed E-state index contributed by atoms with van der Waals surface area (Å²) in [6.45, 7) is 11.7. The van der Waals surface area contributed by atoms with Crippen LogP contribution in [0, 0.1) is 6.92 Å². The predicted molar refractivity (Wildman–Crippen MR) is 117 cm³/mol. The maximum absolute atomic E-state index is 13.0. The molecule has 3 heterocycles. The molecule has 0 bridgehead atoms. The van der Waals surface area contributed by atoms with Gasteiger partial charge in [-0.1, -0.05) is 0 Å². The lowest BCUT2D eigenvalue weighted by Gasteiger charge is -2.24. The number of rotatable bonds is 7. The summed E-state index contributed by atoms with van der Waals surface area (Å²) < 4.78 is 8.16. The summed E-state index contributed by atoms with van der Waals surface area (Å²) in [7, 11) is 1.61. The molecule has 1 aliphatic heterocycles. The third-order valence-electron chi connectivity index (χ3n) is 5.31. The van der Waals surface area contributed by atoms with Gasteiger partial charge in [0.25, 0.3) is 5.56 Å². The van der Waals surface area contributed by atoms with Gasteiger partial charge in [-0.3, -0.25) is 13.9 Å². The molecule has 0 aromatic carbocycles. The number of thiocarbonyl (C=S) groups is 1. The predicted octanol–water partition coefficient (Wildman–Crippen LogP) is 2.01. The molecule has 0 radical (unpaired) electrons. The number of aryl methyl sites for hydroxylation is 1. The molecule has 0 unspecified atom stereocenters. The lowest BCUT2D eigenvalue weighted by atomic mass is 10.2. The molecule has 0 aliphatic carbocycles. The van der Waals surface area contributed by atoms with Gasteiger partial charge in [-0.15, -0.1) is 11.3 Å². The fourth-order valence-electron chi connectivity index (χ4n) is 3.65. The van der Waals surface area contributed by atoms with Crippen LogP contribution < -0.4 is 11.2 Å². The smallest absolute Gasteiger partial charge is 0.332 e. The Morgan fingerprint density at radius 2 is 1.93 bits per heavy atom. The van der Waals surface area contributed by atoms with Crippen LogP contribution in [0.5, 0.6) is 0 Å². The van der Waals surface area contributed by atoms with E-state index < -0.39 is 0 Å². The van der Waals surface area contributed by atoms with Gasteiger partial charge in [0.1, 0.15) is 4.83 Å². The lowest BCUT2D eigenvalue weighted by Crippen LogP contribution is -2.39. The summed E-state index contributed by atoms with van der Waals surface area (Å²) in [4.78, 5) is 32.0. The maximum atomic E-state index is 13.0. The van der Waals surface area contributed by atoms with Crippen molar-refractivity contribution in [2.75, 3.05) is 26.8 Å². The van der Waals surface area contributed by atoms with Crippen molar-refractivity contribution < 1.29 is 4.74 Å². The quantitative estimate of drug-likeness (QED) is 0.634. The molecule has 0 spiro atoms. The standard InChI is InChI=1S/C19H28N4O3S2/c1-6-21-16(24)15-13(4)14(11-20-7-8-22(12(2)3)19(20)27)28-17(15)23(18(21)25)9-10-26-5/h12H,6-11H2,1-5H3. The number of thiophene rings is 1. The fourth-order valence-corrected chi connectivity index (χ4v) is 5.44. The first-order chi connectivity index (χ1) is 13.3. The van der Waals surface area contributed by atoms with E-state index in [2.05, 4.69) is 23.6 Å². The monoisotopic (exact) mass is 424 g/mol. The summed E-state index contributed by atoms with van der Waals surface area (Å²) in [5, 5.41) is 1.50. The molecule has 0 saturated carbocycles. The Morgan fingerprint density at radius 3 is 2.50 bits per heavy atom. The van der Waals surface area contributed by atoms with Crippen LogP contribution in [0.25, 0.3) is 10.2 Å². The highest BCUT2D eigenvalue weighted by Gasteiger charge is 2.28. The average Bonchev–Trinajstić information content (AvgIpc) is 3.17. The minimum Gasteiger partial charge on any atom is -0.383 e. The van der Waals surface area contributed by atoms with Crippen LogP contribution in [0.2, 0.25) is 0 Å². The highest BCUT2D eigenvalue weighted by atomic mass is 32.1. The molecule has 0 amide bonds. The summed E-state index contributed by atoms with van der Waals surface area (Å²) in [6.07, 6.45) is 0. The zero-order valence-electron chi connectivity index (χ0n) is 17.2. The van der Waals surface area contributed by atoms with Gasteiger partial charge in [0.15, 0.2) is 5.11 Å². The van der Waals surface area contributed by atoms with E-state index in [1.54, 1.807) is 11.7 Å². The molecule has 1 aliphatic rings. The molecule has 1 saturated heterocycles.